The van der Waals surface area contributed by atoms with Gasteiger partial charge in [-0.2, -0.15) is 0 Å². The second-order valence-electron chi connectivity index (χ2n) is 5.99. The molecule has 1 aromatic rings. The Kier molecular flexibility index (Phi) is 5.98. The molecule has 2 rings (SSSR count). The molecule has 0 bridgehead atoms. The lowest BCUT2D eigenvalue weighted by atomic mass is 10.0. The molecule has 0 N–H and O–H groups in total. The van der Waals surface area contributed by atoms with Crippen molar-refractivity contribution in [3.8, 4) is 5.75 Å². The molecule has 1 heterocycles. The van der Waals surface area contributed by atoms with Crippen LogP contribution in [0.2, 0.25) is 0 Å². The third-order valence-electron chi connectivity index (χ3n) is 4.32. The van der Waals surface area contributed by atoms with Crippen LogP contribution < -0.4 is 4.74 Å². The third kappa shape index (κ3) is 3.87. The monoisotopic (exact) mass is 305 g/mol. The van der Waals surface area contributed by atoms with E-state index >= 15 is 0 Å². The van der Waals surface area contributed by atoms with Crippen molar-refractivity contribution in [3.05, 3.63) is 29.3 Å². The van der Waals surface area contributed by atoms with Gasteiger partial charge in [0.25, 0.3) is 0 Å². The average Bonchev–Trinajstić information content (AvgIpc) is 2.51. The Morgan fingerprint density at radius 2 is 1.73 bits per heavy atom. The van der Waals surface area contributed by atoms with E-state index in [0.29, 0.717) is 19.8 Å². The van der Waals surface area contributed by atoms with E-state index in [2.05, 4.69) is 32.6 Å². The highest BCUT2D eigenvalue weighted by Gasteiger charge is 2.28. The predicted molar refractivity (Wildman–Crippen MR) is 87.3 cm³/mol. The molecule has 4 nitrogen and oxygen atoms in total. The van der Waals surface area contributed by atoms with E-state index in [1.165, 1.54) is 0 Å². The number of morpholine rings is 1. The summed E-state index contributed by atoms with van der Waals surface area (Å²) in [6, 6.07) is 6.57. The maximum Gasteiger partial charge on any atom is 0.325 e. The van der Waals surface area contributed by atoms with Crippen LogP contribution in [0.15, 0.2) is 18.2 Å². The molecule has 2 unspecified atom stereocenters. The Morgan fingerprint density at radius 3 is 2.23 bits per heavy atom. The lowest BCUT2D eigenvalue weighted by Crippen LogP contribution is -2.52. The summed E-state index contributed by atoms with van der Waals surface area (Å²) in [7, 11) is 0. The van der Waals surface area contributed by atoms with E-state index in [1.807, 2.05) is 18.2 Å². The molecule has 1 saturated heterocycles. The topological polar surface area (TPSA) is 38.8 Å². The maximum absolute atomic E-state index is 12.4. The molecule has 1 aliphatic rings. The van der Waals surface area contributed by atoms with Gasteiger partial charge in [0.05, 0.1) is 19.8 Å². The summed E-state index contributed by atoms with van der Waals surface area (Å²) in [5.41, 5.74) is 2.19. The number of esters is 1. The number of hydrogen-bond donors (Lipinski definition) is 0. The number of para-hydroxylation sites is 1. The highest BCUT2D eigenvalue weighted by molar-refractivity contribution is 5.75. The molecule has 1 aromatic carbocycles. The van der Waals surface area contributed by atoms with Crippen molar-refractivity contribution in [1.29, 1.82) is 0 Å². The number of carbonyl (C=O) groups is 1. The number of ether oxygens (including phenoxy) is 2. The van der Waals surface area contributed by atoms with Gasteiger partial charge >= 0.3 is 5.97 Å². The van der Waals surface area contributed by atoms with Crippen LogP contribution in [0.5, 0.6) is 5.75 Å². The molecule has 0 aromatic heterocycles. The minimum absolute atomic E-state index is 0.184. The van der Waals surface area contributed by atoms with Gasteiger partial charge in [0.2, 0.25) is 0 Å². The van der Waals surface area contributed by atoms with E-state index < -0.39 is 0 Å². The molecule has 22 heavy (non-hydrogen) atoms. The van der Waals surface area contributed by atoms with Crippen molar-refractivity contribution in [3.63, 3.8) is 0 Å². The van der Waals surface area contributed by atoms with Crippen molar-refractivity contribution in [2.24, 2.45) is 0 Å². The lowest BCUT2D eigenvalue weighted by Gasteiger charge is -2.37. The van der Waals surface area contributed by atoms with E-state index in [0.717, 1.165) is 29.7 Å². The predicted octanol–water partition coefficient (Wildman–Crippen LogP) is 2.83. The van der Waals surface area contributed by atoms with Crippen LogP contribution in [-0.4, -0.2) is 42.7 Å². The summed E-state index contributed by atoms with van der Waals surface area (Å²) in [5.74, 6) is 0.572. The second kappa shape index (κ2) is 7.75. The quantitative estimate of drug-likeness (QED) is 0.619. The fraction of sp³-hybridized carbons (Fsp3) is 0.611. The first-order valence-corrected chi connectivity index (χ1v) is 8.21. The van der Waals surface area contributed by atoms with Gasteiger partial charge in [-0.1, -0.05) is 32.0 Å². The largest absolute Gasteiger partial charge is 0.425 e. The Morgan fingerprint density at radius 1 is 1.18 bits per heavy atom. The summed E-state index contributed by atoms with van der Waals surface area (Å²) in [4.78, 5) is 14.6. The van der Waals surface area contributed by atoms with Crippen LogP contribution in [0.4, 0.5) is 0 Å². The zero-order chi connectivity index (χ0) is 16.1. The Labute approximate surface area is 133 Å². The first-order valence-electron chi connectivity index (χ1n) is 8.21. The number of aryl methyl sites for hydroxylation is 2. The molecule has 1 fully saturated rings. The smallest absolute Gasteiger partial charge is 0.325 e. The molecular weight excluding hydrogens is 278 g/mol. The molecule has 2 atom stereocenters. The molecule has 0 spiro atoms. The Balaban J connectivity index is 2.09. The van der Waals surface area contributed by atoms with Crippen LogP contribution in [-0.2, 0) is 22.4 Å². The summed E-state index contributed by atoms with van der Waals surface area (Å²) in [5, 5.41) is 0. The highest BCUT2D eigenvalue weighted by Crippen LogP contribution is 2.25. The van der Waals surface area contributed by atoms with Crippen LogP contribution in [0.3, 0.4) is 0 Å². The van der Waals surface area contributed by atoms with Crippen LogP contribution in [0.1, 0.15) is 38.8 Å². The van der Waals surface area contributed by atoms with E-state index in [4.69, 9.17) is 9.47 Å². The molecule has 0 aliphatic carbocycles. The molecule has 1 aliphatic heterocycles. The third-order valence-corrected chi connectivity index (χ3v) is 4.32. The lowest BCUT2D eigenvalue weighted by molar-refractivity contribution is -0.139. The Hall–Kier alpha value is -1.39. The molecule has 0 radical (unpaired) electrons. The molecule has 4 heteroatoms. The van der Waals surface area contributed by atoms with Gasteiger partial charge < -0.3 is 9.47 Å². The minimum Gasteiger partial charge on any atom is -0.425 e. The standard InChI is InChI=1S/C18H27NO3/c1-5-15-8-7-9-16(6-2)18(15)22-17(20)10-19-13(3)11-21-12-14(19)4/h7-9,13-14H,5-6,10-12H2,1-4H3. The van der Waals surface area contributed by atoms with Crippen LogP contribution >= 0.6 is 0 Å². The van der Waals surface area contributed by atoms with Crippen LogP contribution in [0, 0.1) is 0 Å². The van der Waals surface area contributed by atoms with Gasteiger partial charge in [-0.15, -0.1) is 0 Å². The second-order valence-corrected chi connectivity index (χ2v) is 5.99. The SMILES string of the molecule is CCc1cccc(CC)c1OC(=O)CN1C(C)COCC1C. The highest BCUT2D eigenvalue weighted by atomic mass is 16.5. The Bertz CT molecular complexity index is 483. The molecule has 0 saturated carbocycles. The average molecular weight is 305 g/mol. The number of carbonyl (C=O) groups excluding carboxylic acids is 1. The van der Waals surface area contributed by atoms with Crippen molar-refractivity contribution < 1.29 is 14.3 Å². The zero-order valence-electron chi connectivity index (χ0n) is 14.1. The van der Waals surface area contributed by atoms with Gasteiger partial charge in [-0.05, 0) is 37.8 Å². The number of nitrogens with zero attached hydrogens (tertiary/aromatic N) is 1. The van der Waals surface area contributed by atoms with Crippen molar-refractivity contribution in [1.82, 2.24) is 4.90 Å². The zero-order valence-corrected chi connectivity index (χ0v) is 14.1. The summed E-state index contributed by atoms with van der Waals surface area (Å²) in [6.07, 6.45) is 1.72. The van der Waals surface area contributed by atoms with Gasteiger partial charge in [-0.25, -0.2) is 0 Å². The molecular formula is C18H27NO3. The first kappa shape index (κ1) is 17.0. The minimum atomic E-state index is -0.184. The normalized spacial score (nSPS) is 22.5. The number of hydrogen-bond acceptors (Lipinski definition) is 4. The van der Waals surface area contributed by atoms with E-state index in [-0.39, 0.29) is 18.1 Å². The number of rotatable bonds is 5. The maximum atomic E-state index is 12.4. The van der Waals surface area contributed by atoms with Crippen molar-refractivity contribution in [2.75, 3.05) is 19.8 Å². The van der Waals surface area contributed by atoms with Crippen molar-refractivity contribution >= 4 is 5.97 Å². The first-order chi connectivity index (χ1) is 10.6. The van der Waals surface area contributed by atoms with Crippen molar-refractivity contribution in [2.45, 2.75) is 52.6 Å². The van der Waals surface area contributed by atoms with Gasteiger partial charge in [0.1, 0.15) is 5.75 Å². The molecule has 0 amide bonds. The fourth-order valence-electron chi connectivity index (χ4n) is 2.97. The van der Waals surface area contributed by atoms with Crippen LogP contribution in [0.25, 0.3) is 0 Å². The van der Waals surface area contributed by atoms with Gasteiger partial charge in [0, 0.05) is 12.1 Å². The summed E-state index contributed by atoms with van der Waals surface area (Å²) in [6.45, 7) is 9.98. The summed E-state index contributed by atoms with van der Waals surface area (Å²) >= 11 is 0. The van der Waals surface area contributed by atoms with Gasteiger partial charge in [0.15, 0.2) is 0 Å². The van der Waals surface area contributed by atoms with E-state index in [1.54, 1.807) is 0 Å². The molecule has 122 valence electrons. The van der Waals surface area contributed by atoms with Gasteiger partial charge in [-0.3, -0.25) is 9.69 Å². The fourth-order valence-corrected chi connectivity index (χ4v) is 2.97. The number of benzene rings is 1. The van der Waals surface area contributed by atoms with E-state index in [9.17, 15) is 4.79 Å². The summed E-state index contributed by atoms with van der Waals surface area (Å²) < 4.78 is 11.2.